The summed E-state index contributed by atoms with van der Waals surface area (Å²) >= 11 is 0. The summed E-state index contributed by atoms with van der Waals surface area (Å²) in [5.41, 5.74) is -0.134. The fourth-order valence-electron chi connectivity index (χ4n) is 3.18. The Kier molecular flexibility index (Phi) is 6.81. The van der Waals surface area contributed by atoms with Crippen LogP contribution in [0.1, 0.15) is 22.3 Å². The standard InChI is InChI=1S/C21H22F3N3O4/c1-11-2-5-17(16(23)6-11)26-20-14(3-4-15(22)19(20)24)21(31)27-8-12(9-27)25-18(30)7-13(29)10-28/h2-6,12-13,26,28-29H,7-10H2,1H3,(H,25,30). The molecule has 0 bridgehead atoms. The average Bonchev–Trinajstić information content (AvgIpc) is 2.69. The molecule has 0 radical (unpaired) electrons. The van der Waals surface area contributed by atoms with Crippen molar-refractivity contribution in [1.82, 2.24) is 10.2 Å². The predicted molar refractivity (Wildman–Crippen MR) is 106 cm³/mol. The topological polar surface area (TPSA) is 102 Å². The number of halogens is 3. The number of anilines is 2. The Balaban J connectivity index is 1.72. The zero-order chi connectivity index (χ0) is 22.7. The van der Waals surface area contributed by atoms with Crippen molar-refractivity contribution in [3.8, 4) is 0 Å². The minimum absolute atomic E-state index is 0.111. The predicted octanol–water partition coefficient (Wildman–Crippen LogP) is 1.84. The largest absolute Gasteiger partial charge is 0.394 e. The van der Waals surface area contributed by atoms with Crippen LogP contribution in [-0.4, -0.2) is 58.8 Å². The molecule has 1 aliphatic rings. The van der Waals surface area contributed by atoms with Crippen molar-refractivity contribution < 1.29 is 33.0 Å². The van der Waals surface area contributed by atoms with Crippen LogP contribution in [0.25, 0.3) is 0 Å². The molecule has 1 unspecified atom stereocenters. The first-order valence-electron chi connectivity index (χ1n) is 9.58. The molecular weight excluding hydrogens is 415 g/mol. The van der Waals surface area contributed by atoms with Gasteiger partial charge in [-0.25, -0.2) is 13.2 Å². The van der Waals surface area contributed by atoms with Gasteiger partial charge in [0, 0.05) is 13.1 Å². The molecule has 1 saturated heterocycles. The van der Waals surface area contributed by atoms with E-state index in [-0.39, 0.29) is 36.8 Å². The molecule has 0 spiro atoms. The lowest BCUT2D eigenvalue weighted by molar-refractivity contribution is -0.125. The number of aliphatic hydroxyl groups excluding tert-OH is 2. The van der Waals surface area contributed by atoms with Crippen molar-refractivity contribution in [1.29, 1.82) is 0 Å². The highest BCUT2D eigenvalue weighted by Gasteiger charge is 2.34. The van der Waals surface area contributed by atoms with Gasteiger partial charge in [0.2, 0.25) is 5.91 Å². The van der Waals surface area contributed by atoms with Crippen molar-refractivity contribution in [3.05, 3.63) is 58.9 Å². The molecule has 3 rings (SSSR count). The van der Waals surface area contributed by atoms with Gasteiger partial charge >= 0.3 is 0 Å². The molecule has 0 aliphatic carbocycles. The number of benzene rings is 2. The first kappa shape index (κ1) is 22.6. The second kappa shape index (κ2) is 9.36. The molecule has 0 aromatic heterocycles. The number of aliphatic hydroxyl groups is 2. The maximum absolute atomic E-state index is 14.5. The number of carbonyl (C=O) groups is 2. The molecule has 0 saturated carbocycles. The normalized spacial score (nSPS) is 14.7. The van der Waals surface area contributed by atoms with E-state index in [0.717, 1.165) is 12.1 Å². The molecule has 1 aliphatic heterocycles. The molecule has 7 nitrogen and oxygen atoms in total. The lowest BCUT2D eigenvalue weighted by atomic mass is 10.0. The molecular formula is C21H22F3N3O4. The molecule has 2 aromatic rings. The van der Waals surface area contributed by atoms with Gasteiger partial charge in [0.1, 0.15) is 5.82 Å². The molecule has 1 fully saturated rings. The minimum Gasteiger partial charge on any atom is -0.394 e. The van der Waals surface area contributed by atoms with Crippen LogP contribution >= 0.6 is 0 Å². The van der Waals surface area contributed by atoms with Crippen LogP contribution in [0.3, 0.4) is 0 Å². The zero-order valence-corrected chi connectivity index (χ0v) is 16.7. The summed E-state index contributed by atoms with van der Waals surface area (Å²) in [6.45, 7) is 1.37. The fourth-order valence-corrected chi connectivity index (χ4v) is 3.18. The monoisotopic (exact) mass is 437 g/mol. The molecule has 166 valence electrons. The van der Waals surface area contributed by atoms with Gasteiger partial charge in [-0.3, -0.25) is 9.59 Å². The summed E-state index contributed by atoms with van der Waals surface area (Å²) in [6.07, 6.45) is -1.45. The van der Waals surface area contributed by atoms with E-state index in [1.165, 1.54) is 17.0 Å². The van der Waals surface area contributed by atoms with E-state index in [9.17, 15) is 27.9 Å². The Labute approximate surface area is 176 Å². The number of nitrogens with one attached hydrogen (secondary N) is 2. The number of hydrogen-bond acceptors (Lipinski definition) is 5. The van der Waals surface area contributed by atoms with E-state index in [0.29, 0.717) is 5.56 Å². The summed E-state index contributed by atoms with van der Waals surface area (Å²) in [5, 5.41) is 23.1. The molecule has 31 heavy (non-hydrogen) atoms. The van der Waals surface area contributed by atoms with Gasteiger partial charge in [-0.2, -0.15) is 0 Å². The van der Waals surface area contributed by atoms with Gasteiger partial charge in [0.05, 0.1) is 42.1 Å². The molecule has 1 heterocycles. The van der Waals surface area contributed by atoms with E-state index in [4.69, 9.17) is 5.11 Å². The third kappa shape index (κ3) is 5.15. The van der Waals surface area contributed by atoms with E-state index in [1.807, 2.05) is 0 Å². The second-order valence-corrected chi connectivity index (χ2v) is 7.41. The highest BCUT2D eigenvalue weighted by atomic mass is 19.2. The lowest BCUT2D eigenvalue weighted by Crippen LogP contribution is -2.61. The summed E-state index contributed by atoms with van der Waals surface area (Å²) in [6, 6.07) is 5.71. The number of rotatable bonds is 7. The second-order valence-electron chi connectivity index (χ2n) is 7.41. The van der Waals surface area contributed by atoms with Crippen LogP contribution in [0.15, 0.2) is 30.3 Å². The van der Waals surface area contributed by atoms with Gasteiger partial charge < -0.3 is 25.7 Å². The fraction of sp³-hybridized carbons (Fsp3) is 0.333. The smallest absolute Gasteiger partial charge is 0.256 e. The van der Waals surface area contributed by atoms with Crippen molar-refractivity contribution in [2.45, 2.75) is 25.5 Å². The lowest BCUT2D eigenvalue weighted by Gasteiger charge is -2.40. The number of hydrogen-bond donors (Lipinski definition) is 4. The molecule has 2 amide bonds. The first-order chi connectivity index (χ1) is 14.7. The van der Waals surface area contributed by atoms with E-state index in [2.05, 4.69) is 10.6 Å². The van der Waals surface area contributed by atoms with Crippen molar-refractivity contribution in [3.63, 3.8) is 0 Å². The molecule has 10 heteroatoms. The quantitative estimate of drug-likeness (QED) is 0.530. The number of aryl methyl sites for hydroxylation is 1. The van der Waals surface area contributed by atoms with E-state index >= 15 is 0 Å². The highest BCUT2D eigenvalue weighted by molar-refractivity contribution is 6.01. The Morgan fingerprint density at radius 3 is 2.52 bits per heavy atom. The van der Waals surface area contributed by atoms with Crippen LogP contribution in [0.2, 0.25) is 0 Å². The Morgan fingerprint density at radius 2 is 1.87 bits per heavy atom. The van der Waals surface area contributed by atoms with Crippen molar-refractivity contribution >= 4 is 23.2 Å². The Morgan fingerprint density at radius 1 is 1.16 bits per heavy atom. The van der Waals surface area contributed by atoms with E-state index in [1.54, 1.807) is 13.0 Å². The third-order valence-electron chi connectivity index (χ3n) is 4.88. The minimum atomic E-state index is -1.31. The van der Waals surface area contributed by atoms with Crippen LogP contribution in [-0.2, 0) is 4.79 Å². The Hall–Kier alpha value is -3.11. The number of carbonyl (C=O) groups excluding carboxylic acids is 2. The van der Waals surface area contributed by atoms with Gasteiger partial charge in [-0.05, 0) is 36.8 Å². The molecule has 2 aromatic carbocycles. The van der Waals surface area contributed by atoms with Crippen molar-refractivity contribution in [2.75, 3.05) is 25.0 Å². The van der Waals surface area contributed by atoms with Crippen molar-refractivity contribution in [2.24, 2.45) is 0 Å². The summed E-state index contributed by atoms with van der Waals surface area (Å²) in [7, 11) is 0. The van der Waals surface area contributed by atoms with Gasteiger partial charge in [0.15, 0.2) is 11.6 Å². The highest BCUT2D eigenvalue weighted by Crippen LogP contribution is 2.30. The number of nitrogens with zero attached hydrogens (tertiary/aromatic N) is 1. The summed E-state index contributed by atoms with van der Waals surface area (Å²) < 4.78 is 42.5. The third-order valence-corrected chi connectivity index (χ3v) is 4.88. The maximum Gasteiger partial charge on any atom is 0.256 e. The van der Waals surface area contributed by atoms with Crippen LogP contribution in [0.4, 0.5) is 24.5 Å². The SMILES string of the molecule is Cc1ccc(Nc2c(C(=O)N3CC(NC(=O)CC(O)CO)C3)ccc(F)c2F)c(F)c1. The maximum atomic E-state index is 14.5. The number of likely N-dealkylation sites (tertiary alicyclic amines) is 1. The summed E-state index contributed by atoms with van der Waals surface area (Å²) in [4.78, 5) is 25.9. The van der Waals surface area contributed by atoms with Crippen LogP contribution < -0.4 is 10.6 Å². The van der Waals surface area contributed by atoms with Crippen LogP contribution in [0, 0.1) is 24.4 Å². The molecule has 4 N–H and O–H groups in total. The van der Waals surface area contributed by atoms with Gasteiger partial charge in [-0.15, -0.1) is 0 Å². The van der Waals surface area contributed by atoms with E-state index < -0.39 is 47.7 Å². The summed E-state index contributed by atoms with van der Waals surface area (Å²) in [5.74, 6) is -4.28. The zero-order valence-electron chi connectivity index (χ0n) is 16.7. The average molecular weight is 437 g/mol. The van der Waals surface area contributed by atoms with Crippen LogP contribution in [0.5, 0.6) is 0 Å². The van der Waals surface area contributed by atoms with Gasteiger partial charge in [-0.1, -0.05) is 6.07 Å². The first-order valence-corrected chi connectivity index (χ1v) is 9.58. The number of amides is 2. The molecule has 1 atom stereocenters. The van der Waals surface area contributed by atoms with Gasteiger partial charge in [0.25, 0.3) is 5.91 Å². The Bertz CT molecular complexity index is 996.